The van der Waals surface area contributed by atoms with E-state index in [2.05, 4.69) is 21.4 Å². The van der Waals surface area contributed by atoms with Gasteiger partial charge in [-0.2, -0.15) is 10.4 Å². The second-order valence-electron chi connectivity index (χ2n) is 5.05. The van der Waals surface area contributed by atoms with E-state index in [1.165, 1.54) is 17.3 Å². The zero-order valence-electron chi connectivity index (χ0n) is 13.5. The van der Waals surface area contributed by atoms with Crippen LogP contribution in [-0.2, 0) is 6.61 Å². The first-order valence-electron chi connectivity index (χ1n) is 7.48. The van der Waals surface area contributed by atoms with Gasteiger partial charge in [0.15, 0.2) is 11.5 Å². The molecule has 7 heteroatoms. The molecular weight excluding hydrogens is 318 g/mol. The van der Waals surface area contributed by atoms with Gasteiger partial charge in [-0.05, 0) is 29.8 Å². The number of aromatic nitrogens is 3. The SMILES string of the molecule is COc1cc(/C=N\n2cnnc2)ccc1OCc1ccccc1C#N. The molecule has 0 bridgehead atoms. The maximum absolute atomic E-state index is 9.13. The summed E-state index contributed by atoms with van der Waals surface area (Å²) in [5, 5.41) is 20.7. The van der Waals surface area contributed by atoms with Crippen LogP contribution in [0.2, 0.25) is 0 Å². The molecule has 0 saturated carbocycles. The van der Waals surface area contributed by atoms with Crippen molar-refractivity contribution in [1.82, 2.24) is 14.9 Å². The van der Waals surface area contributed by atoms with E-state index in [0.717, 1.165) is 11.1 Å². The van der Waals surface area contributed by atoms with E-state index in [1.807, 2.05) is 30.3 Å². The zero-order valence-corrected chi connectivity index (χ0v) is 13.5. The Labute approximate surface area is 144 Å². The molecule has 2 aromatic carbocycles. The van der Waals surface area contributed by atoms with Gasteiger partial charge in [-0.3, -0.25) is 0 Å². The Morgan fingerprint density at radius 3 is 2.72 bits per heavy atom. The molecule has 0 radical (unpaired) electrons. The van der Waals surface area contributed by atoms with Crippen LogP contribution in [0.4, 0.5) is 0 Å². The average Bonchev–Trinajstić information content (AvgIpc) is 3.18. The molecule has 0 aliphatic rings. The van der Waals surface area contributed by atoms with E-state index in [1.54, 1.807) is 25.5 Å². The van der Waals surface area contributed by atoms with E-state index in [4.69, 9.17) is 14.7 Å². The van der Waals surface area contributed by atoms with Crippen LogP contribution in [0, 0.1) is 11.3 Å². The van der Waals surface area contributed by atoms with Crippen molar-refractivity contribution in [3.05, 3.63) is 71.8 Å². The monoisotopic (exact) mass is 333 g/mol. The van der Waals surface area contributed by atoms with Crippen molar-refractivity contribution in [1.29, 1.82) is 5.26 Å². The number of nitriles is 1. The first-order valence-corrected chi connectivity index (χ1v) is 7.48. The Balaban J connectivity index is 1.75. The number of hydrogen-bond donors (Lipinski definition) is 0. The van der Waals surface area contributed by atoms with Gasteiger partial charge in [0.25, 0.3) is 0 Å². The maximum atomic E-state index is 9.13. The van der Waals surface area contributed by atoms with Crippen LogP contribution in [-0.4, -0.2) is 28.2 Å². The molecule has 3 aromatic rings. The van der Waals surface area contributed by atoms with Crippen molar-refractivity contribution in [2.45, 2.75) is 6.61 Å². The third-order valence-corrected chi connectivity index (χ3v) is 3.46. The number of benzene rings is 2. The minimum atomic E-state index is 0.286. The zero-order chi connectivity index (χ0) is 17.5. The molecule has 1 aromatic heterocycles. The van der Waals surface area contributed by atoms with Crippen LogP contribution >= 0.6 is 0 Å². The van der Waals surface area contributed by atoms with Crippen LogP contribution in [0.3, 0.4) is 0 Å². The summed E-state index contributed by atoms with van der Waals surface area (Å²) in [6.07, 6.45) is 4.66. The standard InChI is InChI=1S/C18H15N5O2/c1-24-18-8-14(10-22-23-12-20-21-13-23)6-7-17(18)25-11-16-5-3-2-4-15(16)9-19/h2-8,10,12-13H,11H2,1H3/b22-10-. The van der Waals surface area contributed by atoms with Gasteiger partial charge >= 0.3 is 0 Å². The van der Waals surface area contributed by atoms with Crippen LogP contribution < -0.4 is 9.47 Å². The van der Waals surface area contributed by atoms with Crippen LogP contribution in [0.25, 0.3) is 0 Å². The Morgan fingerprint density at radius 1 is 1.16 bits per heavy atom. The summed E-state index contributed by atoms with van der Waals surface area (Å²) in [5.74, 6) is 1.18. The summed E-state index contributed by atoms with van der Waals surface area (Å²) in [7, 11) is 1.58. The highest BCUT2D eigenvalue weighted by atomic mass is 16.5. The molecular formula is C18H15N5O2. The first-order chi connectivity index (χ1) is 12.3. The van der Waals surface area contributed by atoms with Gasteiger partial charge in [-0.25, -0.2) is 4.68 Å². The first kappa shape index (κ1) is 16.2. The fourth-order valence-electron chi connectivity index (χ4n) is 2.18. The summed E-state index contributed by atoms with van der Waals surface area (Å²) in [4.78, 5) is 0. The summed E-state index contributed by atoms with van der Waals surface area (Å²) >= 11 is 0. The van der Waals surface area contributed by atoms with Gasteiger partial charge < -0.3 is 9.47 Å². The van der Waals surface area contributed by atoms with E-state index in [-0.39, 0.29) is 6.61 Å². The molecule has 0 saturated heterocycles. The summed E-state index contributed by atoms with van der Waals surface area (Å²) in [5.41, 5.74) is 2.26. The Kier molecular flexibility index (Phi) is 5.02. The maximum Gasteiger partial charge on any atom is 0.161 e. The van der Waals surface area contributed by atoms with E-state index >= 15 is 0 Å². The number of nitrogens with zero attached hydrogens (tertiary/aromatic N) is 5. The lowest BCUT2D eigenvalue weighted by Gasteiger charge is -2.12. The van der Waals surface area contributed by atoms with Crippen LogP contribution in [0.5, 0.6) is 11.5 Å². The van der Waals surface area contributed by atoms with E-state index in [9.17, 15) is 0 Å². The summed E-state index contributed by atoms with van der Waals surface area (Å²) in [6.45, 7) is 0.286. The molecule has 124 valence electrons. The largest absolute Gasteiger partial charge is 0.493 e. The topological polar surface area (TPSA) is 85.3 Å². The van der Waals surface area contributed by atoms with Crippen molar-refractivity contribution in [2.75, 3.05) is 7.11 Å². The molecule has 0 amide bonds. The molecule has 7 nitrogen and oxygen atoms in total. The van der Waals surface area contributed by atoms with Crippen molar-refractivity contribution >= 4 is 6.21 Å². The van der Waals surface area contributed by atoms with Crippen molar-refractivity contribution < 1.29 is 9.47 Å². The highest BCUT2D eigenvalue weighted by Gasteiger charge is 2.07. The predicted octanol–water partition coefficient (Wildman–Crippen LogP) is 2.62. The highest BCUT2D eigenvalue weighted by Crippen LogP contribution is 2.28. The quantitative estimate of drug-likeness (QED) is 0.647. The van der Waals surface area contributed by atoms with Gasteiger partial charge in [0.1, 0.15) is 19.3 Å². The van der Waals surface area contributed by atoms with Gasteiger partial charge in [-0.15, -0.1) is 10.2 Å². The summed E-state index contributed by atoms with van der Waals surface area (Å²) in [6, 6.07) is 15.0. The third kappa shape index (κ3) is 4.00. The van der Waals surface area contributed by atoms with Crippen molar-refractivity contribution in [3.8, 4) is 17.6 Å². The number of methoxy groups -OCH3 is 1. The van der Waals surface area contributed by atoms with Crippen molar-refractivity contribution in [2.24, 2.45) is 5.10 Å². The van der Waals surface area contributed by atoms with Gasteiger partial charge in [-0.1, -0.05) is 18.2 Å². The Hall–Kier alpha value is -3.66. The van der Waals surface area contributed by atoms with Gasteiger partial charge in [0.2, 0.25) is 0 Å². The van der Waals surface area contributed by atoms with Crippen LogP contribution in [0.15, 0.2) is 60.2 Å². The minimum absolute atomic E-state index is 0.286. The average molecular weight is 333 g/mol. The third-order valence-electron chi connectivity index (χ3n) is 3.46. The Bertz CT molecular complexity index is 913. The number of rotatable bonds is 6. The van der Waals surface area contributed by atoms with Gasteiger partial charge in [0, 0.05) is 5.56 Å². The van der Waals surface area contributed by atoms with Crippen LogP contribution in [0.1, 0.15) is 16.7 Å². The molecule has 0 spiro atoms. The second kappa shape index (κ2) is 7.75. The minimum Gasteiger partial charge on any atom is -0.493 e. The fraction of sp³-hybridized carbons (Fsp3) is 0.111. The van der Waals surface area contributed by atoms with E-state index in [0.29, 0.717) is 17.1 Å². The fourth-order valence-corrected chi connectivity index (χ4v) is 2.18. The molecule has 1 heterocycles. The molecule has 0 N–H and O–H groups in total. The second-order valence-corrected chi connectivity index (χ2v) is 5.05. The predicted molar refractivity (Wildman–Crippen MR) is 91.5 cm³/mol. The molecule has 0 aliphatic carbocycles. The molecule has 25 heavy (non-hydrogen) atoms. The normalized spacial score (nSPS) is 10.6. The number of hydrogen-bond acceptors (Lipinski definition) is 6. The molecule has 3 rings (SSSR count). The molecule has 0 unspecified atom stereocenters. The highest BCUT2D eigenvalue weighted by molar-refractivity contribution is 5.80. The lowest BCUT2D eigenvalue weighted by molar-refractivity contribution is 0.284. The number of ether oxygens (including phenoxy) is 2. The summed E-state index contributed by atoms with van der Waals surface area (Å²) < 4.78 is 12.7. The lowest BCUT2D eigenvalue weighted by atomic mass is 10.1. The molecule has 0 aliphatic heterocycles. The van der Waals surface area contributed by atoms with Crippen molar-refractivity contribution in [3.63, 3.8) is 0 Å². The Morgan fingerprint density at radius 2 is 1.96 bits per heavy atom. The molecule has 0 fully saturated rings. The lowest BCUT2D eigenvalue weighted by Crippen LogP contribution is -2.00. The van der Waals surface area contributed by atoms with E-state index < -0.39 is 0 Å². The van der Waals surface area contributed by atoms with Gasteiger partial charge in [0.05, 0.1) is 25.0 Å². The molecule has 0 atom stereocenters. The smallest absolute Gasteiger partial charge is 0.161 e.